The highest BCUT2D eigenvalue weighted by molar-refractivity contribution is 5.83. The van der Waals surface area contributed by atoms with E-state index in [1.54, 1.807) is 6.20 Å². The predicted octanol–water partition coefficient (Wildman–Crippen LogP) is 3.94. The van der Waals surface area contributed by atoms with Crippen molar-refractivity contribution in [3.8, 4) is 11.3 Å². The highest BCUT2D eigenvalue weighted by Gasteiger charge is 2.15. The minimum atomic E-state index is 0.683. The van der Waals surface area contributed by atoms with Crippen LogP contribution in [0.2, 0.25) is 0 Å². The van der Waals surface area contributed by atoms with Crippen LogP contribution in [0.5, 0.6) is 0 Å². The molecule has 1 fully saturated rings. The van der Waals surface area contributed by atoms with Crippen molar-refractivity contribution >= 4 is 22.5 Å². The molecule has 1 aliphatic carbocycles. The Hall–Kier alpha value is -3.02. The Morgan fingerprint density at radius 3 is 2.88 bits per heavy atom. The van der Waals surface area contributed by atoms with Gasteiger partial charge in [0.15, 0.2) is 0 Å². The van der Waals surface area contributed by atoms with Gasteiger partial charge in [-0.25, -0.2) is 14.5 Å². The Morgan fingerprint density at radius 2 is 1.96 bits per heavy atom. The maximum atomic E-state index is 4.73. The first kappa shape index (κ1) is 15.3. The highest BCUT2D eigenvalue weighted by Crippen LogP contribution is 2.26. The van der Waals surface area contributed by atoms with E-state index in [0.717, 1.165) is 40.3 Å². The van der Waals surface area contributed by atoms with Gasteiger partial charge in [-0.05, 0) is 49.1 Å². The third kappa shape index (κ3) is 2.77. The molecule has 0 bridgehead atoms. The van der Waals surface area contributed by atoms with Gasteiger partial charge in [-0.2, -0.15) is 0 Å². The summed E-state index contributed by atoms with van der Waals surface area (Å²) < 4.78 is 1.87. The summed E-state index contributed by atoms with van der Waals surface area (Å²) >= 11 is 0. The van der Waals surface area contributed by atoms with Crippen LogP contribution in [0.1, 0.15) is 25.7 Å². The number of pyridine rings is 2. The Bertz CT molecular complexity index is 1060. The van der Waals surface area contributed by atoms with E-state index in [1.165, 1.54) is 25.7 Å². The fourth-order valence-electron chi connectivity index (χ4n) is 3.75. The van der Waals surface area contributed by atoms with Crippen LogP contribution in [-0.2, 0) is 0 Å². The van der Waals surface area contributed by atoms with Crippen LogP contribution in [0.15, 0.2) is 48.9 Å². The fraction of sp³-hybridized carbons (Fsp3) is 0.300. The molecule has 0 amide bonds. The molecule has 6 heteroatoms. The van der Waals surface area contributed by atoms with Gasteiger partial charge in [-0.1, -0.05) is 12.8 Å². The van der Waals surface area contributed by atoms with E-state index < -0.39 is 0 Å². The summed E-state index contributed by atoms with van der Waals surface area (Å²) in [6.07, 6.45) is 10.9. The Labute approximate surface area is 151 Å². The van der Waals surface area contributed by atoms with E-state index in [4.69, 9.17) is 4.98 Å². The molecular formula is C20H20N6. The summed E-state index contributed by atoms with van der Waals surface area (Å²) in [5, 5.41) is 7.98. The third-order valence-corrected chi connectivity index (χ3v) is 5.17. The van der Waals surface area contributed by atoms with Crippen molar-refractivity contribution in [3.05, 3.63) is 48.9 Å². The van der Waals surface area contributed by atoms with Crippen LogP contribution in [0, 0.1) is 5.92 Å². The molecule has 0 aliphatic heterocycles. The van der Waals surface area contributed by atoms with Crippen molar-refractivity contribution < 1.29 is 0 Å². The second-order valence-corrected chi connectivity index (χ2v) is 6.91. The zero-order valence-corrected chi connectivity index (χ0v) is 14.5. The van der Waals surface area contributed by atoms with Crippen molar-refractivity contribution in [2.45, 2.75) is 25.7 Å². The molecule has 0 radical (unpaired) electrons. The Balaban J connectivity index is 1.44. The first-order valence-electron chi connectivity index (χ1n) is 9.17. The summed E-state index contributed by atoms with van der Waals surface area (Å²) in [7, 11) is 0. The lowest BCUT2D eigenvalue weighted by Crippen LogP contribution is -2.13. The molecule has 4 aromatic rings. The number of anilines is 1. The Morgan fingerprint density at radius 1 is 1.04 bits per heavy atom. The van der Waals surface area contributed by atoms with Gasteiger partial charge >= 0.3 is 0 Å². The molecule has 26 heavy (non-hydrogen) atoms. The quantitative estimate of drug-likeness (QED) is 0.607. The van der Waals surface area contributed by atoms with E-state index in [2.05, 4.69) is 20.4 Å². The monoisotopic (exact) mass is 344 g/mol. The van der Waals surface area contributed by atoms with Crippen LogP contribution in [-0.4, -0.2) is 31.1 Å². The number of nitrogens with one attached hydrogen (secondary N) is 1. The summed E-state index contributed by atoms with van der Waals surface area (Å²) in [4.78, 5) is 13.6. The molecule has 0 atom stereocenters. The van der Waals surface area contributed by atoms with Gasteiger partial charge in [0.25, 0.3) is 0 Å². The molecule has 0 saturated heterocycles. The minimum Gasteiger partial charge on any atom is -0.353 e. The number of nitrogens with zero attached hydrogens (tertiary/aromatic N) is 5. The maximum Gasteiger partial charge on any atom is 0.241 e. The second kappa shape index (κ2) is 6.37. The van der Waals surface area contributed by atoms with Gasteiger partial charge in [0.2, 0.25) is 5.95 Å². The topological polar surface area (TPSA) is 68.0 Å². The van der Waals surface area contributed by atoms with Crippen molar-refractivity contribution in [2.24, 2.45) is 5.92 Å². The smallest absolute Gasteiger partial charge is 0.241 e. The first-order chi connectivity index (χ1) is 12.9. The largest absolute Gasteiger partial charge is 0.353 e. The van der Waals surface area contributed by atoms with Crippen molar-refractivity contribution in [1.82, 2.24) is 24.6 Å². The van der Waals surface area contributed by atoms with Crippen molar-refractivity contribution in [3.63, 3.8) is 0 Å². The molecule has 0 spiro atoms. The van der Waals surface area contributed by atoms with Crippen molar-refractivity contribution in [1.29, 1.82) is 0 Å². The minimum absolute atomic E-state index is 0.683. The second-order valence-electron chi connectivity index (χ2n) is 6.91. The predicted molar refractivity (Wildman–Crippen MR) is 102 cm³/mol. The van der Waals surface area contributed by atoms with Gasteiger partial charge in [0, 0.05) is 24.5 Å². The summed E-state index contributed by atoms with van der Waals surface area (Å²) in [5.41, 5.74) is 4.67. The standard InChI is InChI=1S/C20H20N6/c1-2-5-14(4-1)12-22-20-23-13-19-15(9-11-26(19)25-20)16-7-8-17-18(24-16)6-3-10-21-17/h3,6-11,13-14H,1-2,4-5,12H2,(H,22,25). The number of fused-ring (bicyclic) bond motifs is 2. The molecule has 1 N–H and O–H groups in total. The maximum absolute atomic E-state index is 4.73. The van der Waals surface area contributed by atoms with Crippen LogP contribution >= 0.6 is 0 Å². The molecule has 4 aromatic heterocycles. The van der Waals surface area contributed by atoms with Crippen LogP contribution in [0.3, 0.4) is 0 Å². The first-order valence-corrected chi connectivity index (χ1v) is 9.17. The van der Waals surface area contributed by atoms with E-state index >= 15 is 0 Å². The van der Waals surface area contributed by atoms with Crippen LogP contribution in [0.4, 0.5) is 5.95 Å². The van der Waals surface area contributed by atoms with Crippen LogP contribution < -0.4 is 5.32 Å². The molecule has 1 aliphatic rings. The zero-order valence-electron chi connectivity index (χ0n) is 14.5. The lowest BCUT2D eigenvalue weighted by atomic mass is 10.1. The molecule has 5 rings (SSSR count). The molecule has 0 unspecified atom stereocenters. The molecule has 130 valence electrons. The Kier molecular flexibility index (Phi) is 3.74. The molecular weight excluding hydrogens is 324 g/mol. The van der Waals surface area contributed by atoms with Crippen molar-refractivity contribution in [2.75, 3.05) is 11.9 Å². The average molecular weight is 344 g/mol. The van der Waals surface area contributed by atoms with Gasteiger partial charge < -0.3 is 5.32 Å². The van der Waals surface area contributed by atoms with Gasteiger partial charge in [0.05, 0.1) is 28.4 Å². The SMILES string of the molecule is c1cnc2ccc(-c3ccn4nc(NCC5CCCC5)ncc34)nc2c1. The van der Waals surface area contributed by atoms with E-state index in [9.17, 15) is 0 Å². The zero-order chi connectivity index (χ0) is 17.3. The average Bonchev–Trinajstić information content (AvgIpc) is 3.35. The highest BCUT2D eigenvalue weighted by atomic mass is 15.3. The molecule has 0 aromatic carbocycles. The van der Waals surface area contributed by atoms with E-state index in [-0.39, 0.29) is 0 Å². The van der Waals surface area contributed by atoms with Gasteiger partial charge in [-0.15, -0.1) is 5.10 Å². The summed E-state index contributed by atoms with van der Waals surface area (Å²) in [6, 6.07) is 9.92. The lowest BCUT2D eigenvalue weighted by Gasteiger charge is -2.10. The number of hydrogen-bond acceptors (Lipinski definition) is 5. The normalized spacial score (nSPS) is 15.1. The number of rotatable bonds is 4. The summed E-state index contributed by atoms with van der Waals surface area (Å²) in [5.74, 6) is 1.44. The third-order valence-electron chi connectivity index (χ3n) is 5.17. The van der Waals surface area contributed by atoms with Crippen LogP contribution in [0.25, 0.3) is 27.8 Å². The fourth-order valence-corrected chi connectivity index (χ4v) is 3.75. The number of aromatic nitrogens is 5. The molecule has 6 nitrogen and oxygen atoms in total. The van der Waals surface area contributed by atoms with E-state index in [0.29, 0.717) is 5.95 Å². The summed E-state index contributed by atoms with van der Waals surface area (Å²) in [6.45, 7) is 0.957. The molecule has 4 heterocycles. The van der Waals surface area contributed by atoms with E-state index in [1.807, 2.05) is 47.2 Å². The molecule has 1 saturated carbocycles. The van der Waals surface area contributed by atoms with Gasteiger partial charge in [0.1, 0.15) is 0 Å². The number of hydrogen-bond donors (Lipinski definition) is 1. The van der Waals surface area contributed by atoms with Gasteiger partial charge in [-0.3, -0.25) is 4.98 Å². The lowest BCUT2D eigenvalue weighted by molar-refractivity contribution is 0.576.